The van der Waals surface area contributed by atoms with E-state index in [-0.39, 0.29) is 6.61 Å². The zero-order chi connectivity index (χ0) is 18.1. The Morgan fingerprint density at radius 3 is 2.48 bits per heavy atom. The fourth-order valence-corrected chi connectivity index (χ4v) is 1.78. The summed E-state index contributed by atoms with van der Waals surface area (Å²) in [6, 6.07) is 17.4. The molecule has 2 aromatic rings. The van der Waals surface area contributed by atoms with E-state index in [1.807, 2.05) is 54.6 Å². The largest absolute Gasteiger partial charge is 0.384 e. The zero-order valence-electron chi connectivity index (χ0n) is 14.6. The van der Waals surface area contributed by atoms with Crippen LogP contribution in [0.15, 0.2) is 59.8 Å². The van der Waals surface area contributed by atoms with Crippen LogP contribution in [0.4, 0.5) is 11.4 Å². The second kappa shape index (κ2) is 8.84. The molecule has 2 aromatic carbocycles. The Labute approximate surface area is 147 Å². The molecule has 132 valence electrons. The summed E-state index contributed by atoms with van der Waals surface area (Å²) in [7, 11) is 0. The van der Waals surface area contributed by atoms with Gasteiger partial charge in [-0.15, -0.1) is 0 Å². The number of carbonyl (C=O) groups excluding carboxylic acids is 1. The summed E-state index contributed by atoms with van der Waals surface area (Å²) in [5.74, 6) is -0.650. The van der Waals surface area contributed by atoms with Gasteiger partial charge in [-0.1, -0.05) is 41.6 Å². The van der Waals surface area contributed by atoms with Crippen molar-refractivity contribution in [1.82, 2.24) is 0 Å². The number of oxime groups is 1. The van der Waals surface area contributed by atoms with Crippen LogP contribution in [0.5, 0.6) is 0 Å². The molecule has 0 saturated carbocycles. The van der Waals surface area contributed by atoms with Crippen LogP contribution in [0.2, 0.25) is 0 Å². The van der Waals surface area contributed by atoms with E-state index in [9.17, 15) is 4.79 Å². The van der Waals surface area contributed by atoms with Crippen LogP contribution in [0.1, 0.15) is 26.3 Å². The molecular formula is C19H22N2O4. The van der Waals surface area contributed by atoms with E-state index >= 15 is 0 Å². The lowest BCUT2D eigenvalue weighted by atomic mass is 10.2. The van der Waals surface area contributed by atoms with Crippen molar-refractivity contribution in [3.8, 4) is 0 Å². The van der Waals surface area contributed by atoms with Crippen LogP contribution in [-0.2, 0) is 19.4 Å². The van der Waals surface area contributed by atoms with E-state index < -0.39 is 11.6 Å². The van der Waals surface area contributed by atoms with Gasteiger partial charge in [-0.05, 0) is 39.0 Å². The number of carbonyl (C=O) groups is 1. The van der Waals surface area contributed by atoms with Crippen molar-refractivity contribution >= 4 is 23.6 Å². The zero-order valence-corrected chi connectivity index (χ0v) is 14.6. The third kappa shape index (κ3) is 7.05. The SMILES string of the molecule is CC(C)(C)OOC(=O)CO/N=C/c1ccccc1Nc1ccccc1. The molecule has 0 spiro atoms. The van der Waals surface area contributed by atoms with E-state index in [2.05, 4.69) is 15.4 Å². The molecule has 0 fully saturated rings. The Hall–Kier alpha value is -2.86. The summed E-state index contributed by atoms with van der Waals surface area (Å²) >= 11 is 0. The van der Waals surface area contributed by atoms with Gasteiger partial charge in [-0.3, -0.25) is 4.89 Å². The smallest absolute Gasteiger partial charge is 0.382 e. The second-order valence-corrected chi connectivity index (χ2v) is 6.24. The minimum absolute atomic E-state index is 0.332. The maximum absolute atomic E-state index is 11.5. The fraction of sp³-hybridized carbons (Fsp3) is 0.263. The number of rotatable bonds is 7. The Morgan fingerprint density at radius 2 is 1.76 bits per heavy atom. The number of nitrogens with zero attached hydrogens (tertiary/aromatic N) is 1. The lowest BCUT2D eigenvalue weighted by Crippen LogP contribution is -2.23. The molecule has 0 unspecified atom stereocenters. The molecule has 0 saturated heterocycles. The molecule has 0 aromatic heterocycles. The van der Waals surface area contributed by atoms with Crippen molar-refractivity contribution in [1.29, 1.82) is 0 Å². The summed E-state index contributed by atoms with van der Waals surface area (Å²) in [5, 5.41) is 7.11. The van der Waals surface area contributed by atoms with Crippen LogP contribution < -0.4 is 5.32 Å². The first-order valence-corrected chi connectivity index (χ1v) is 7.89. The van der Waals surface area contributed by atoms with Crippen molar-refractivity contribution < 1.29 is 19.4 Å². The molecule has 1 N–H and O–H groups in total. The predicted octanol–water partition coefficient (Wildman–Crippen LogP) is 4.05. The third-order valence-corrected chi connectivity index (χ3v) is 2.85. The molecule has 6 nitrogen and oxygen atoms in total. The van der Waals surface area contributed by atoms with Crippen LogP contribution >= 0.6 is 0 Å². The van der Waals surface area contributed by atoms with Crippen molar-refractivity contribution in [2.24, 2.45) is 5.16 Å². The van der Waals surface area contributed by atoms with Gasteiger partial charge in [0.15, 0.2) is 0 Å². The maximum Gasteiger partial charge on any atom is 0.382 e. The number of benzene rings is 2. The summed E-state index contributed by atoms with van der Waals surface area (Å²) in [5.41, 5.74) is 2.10. The van der Waals surface area contributed by atoms with Gasteiger partial charge in [0.1, 0.15) is 5.60 Å². The van der Waals surface area contributed by atoms with Gasteiger partial charge in [0, 0.05) is 16.9 Å². The molecule has 0 heterocycles. The van der Waals surface area contributed by atoms with Crippen LogP contribution in [0.25, 0.3) is 0 Å². The van der Waals surface area contributed by atoms with Crippen LogP contribution in [0.3, 0.4) is 0 Å². The number of nitrogens with one attached hydrogen (secondary N) is 1. The van der Waals surface area contributed by atoms with Crippen LogP contribution in [0, 0.1) is 0 Å². The second-order valence-electron chi connectivity index (χ2n) is 6.24. The van der Waals surface area contributed by atoms with Crippen molar-refractivity contribution in [3.05, 3.63) is 60.2 Å². The number of para-hydroxylation sites is 2. The highest BCUT2D eigenvalue weighted by Crippen LogP contribution is 2.19. The first kappa shape index (κ1) is 18.5. The molecule has 0 atom stereocenters. The normalized spacial score (nSPS) is 11.3. The van der Waals surface area contributed by atoms with Crippen LogP contribution in [-0.4, -0.2) is 24.4 Å². The van der Waals surface area contributed by atoms with Crippen molar-refractivity contribution in [2.75, 3.05) is 11.9 Å². The number of anilines is 2. The summed E-state index contributed by atoms with van der Waals surface area (Å²) in [6.45, 7) is 4.99. The predicted molar refractivity (Wildman–Crippen MR) is 96.6 cm³/mol. The molecule has 0 aliphatic carbocycles. The van der Waals surface area contributed by atoms with Gasteiger partial charge < -0.3 is 10.2 Å². The molecule has 2 rings (SSSR count). The minimum Gasteiger partial charge on any atom is -0.384 e. The van der Waals surface area contributed by atoms with E-state index in [1.54, 1.807) is 20.8 Å². The van der Waals surface area contributed by atoms with E-state index in [0.717, 1.165) is 16.9 Å². The highest BCUT2D eigenvalue weighted by molar-refractivity contribution is 5.88. The van der Waals surface area contributed by atoms with Crippen molar-refractivity contribution in [2.45, 2.75) is 26.4 Å². The monoisotopic (exact) mass is 342 g/mol. The van der Waals surface area contributed by atoms with Gasteiger partial charge >= 0.3 is 5.97 Å². The van der Waals surface area contributed by atoms with E-state index in [0.29, 0.717) is 0 Å². The van der Waals surface area contributed by atoms with E-state index in [4.69, 9.17) is 9.73 Å². The molecular weight excluding hydrogens is 320 g/mol. The van der Waals surface area contributed by atoms with Gasteiger partial charge in [-0.2, -0.15) is 4.89 Å². The molecule has 0 bridgehead atoms. The number of hydrogen-bond donors (Lipinski definition) is 1. The molecule has 6 heteroatoms. The third-order valence-electron chi connectivity index (χ3n) is 2.85. The first-order chi connectivity index (χ1) is 11.9. The molecule has 0 radical (unpaired) electrons. The quantitative estimate of drug-likeness (QED) is 0.467. The standard InChI is InChI=1S/C19H22N2O4/c1-19(2,3)25-24-18(22)14-23-20-13-15-9-7-8-12-17(15)21-16-10-5-4-6-11-16/h4-13,21H,14H2,1-3H3/b20-13+. The summed E-state index contributed by atoms with van der Waals surface area (Å²) < 4.78 is 0. The fourth-order valence-electron chi connectivity index (χ4n) is 1.78. The number of hydrogen-bond acceptors (Lipinski definition) is 6. The first-order valence-electron chi connectivity index (χ1n) is 7.89. The highest BCUT2D eigenvalue weighted by atomic mass is 17.2. The topological polar surface area (TPSA) is 69.2 Å². The Morgan fingerprint density at radius 1 is 1.08 bits per heavy atom. The summed E-state index contributed by atoms with van der Waals surface area (Å²) in [6.07, 6.45) is 1.53. The Bertz CT molecular complexity index is 709. The minimum atomic E-state index is -0.650. The Balaban J connectivity index is 1.88. The lowest BCUT2D eigenvalue weighted by molar-refractivity contribution is -0.322. The van der Waals surface area contributed by atoms with Gasteiger partial charge in [0.05, 0.1) is 6.21 Å². The van der Waals surface area contributed by atoms with E-state index in [1.165, 1.54) is 6.21 Å². The average Bonchev–Trinajstić information content (AvgIpc) is 2.58. The van der Waals surface area contributed by atoms with Gasteiger partial charge in [0.2, 0.25) is 6.61 Å². The Kier molecular flexibility index (Phi) is 6.54. The molecule has 0 amide bonds. The summed E-state index contributed by atoms with van der Waals surface area (Å²) in [4.78, 5) is 25.9. The molecule has 25 heavy (non-hydrogen) atoms. The van der Waals surface area contributed by atoms with Gasteiger partial charge in [-0.25, -0.2) is 4.79 Å². The van der Waals surface area contributed by atoms with Crippen molar-refractivity contribution in [3.63, 3.8) is 0 Å². The van der Waals surface area contributed by atoms with Gasteiger partial charge in [0.25, 0.3) is 0 Å². The highest BCUT2D eigenvalue weighted by Gasteiger charge is 2.15. The average molecular weight is 342 g/mol. The lowest BCUT2D eigenvalue weighted by Gasteiger charge is -2.16. The molecule has 0 aliphatic heterocycles. The maximum atomic E-state index is 11.5. The molecule has 0 aliphatic rings.